The number of nitrogens with zero attached hydrogens (tertiary/aromatic N) is 2. The van der Waals surface area contributed by atoms with Crippen molar-refractivity contribution < 1.29 is 4.39 Å². The first kappa shape index (κ1) is 14.4. The highest BCUT2D eigenvalue weighted by atomic mass is 19.1. The molecule has 0 spiro atoms. The fourth-order valence-corrected chi connectivity index (χ4v) is 1.63. The first-order valence-corrected chi connectivity index (χ1v) is 6.52. The molecule has 0 radical (unpaired) electrons. The number of hydrogen-bond acceptors (Lipinski definition) is 4. The third kappa shape index (κ3) is 3.99. The van der Waals surface area contributed by atoms with Crippen molar-refractivity contribution in [1.29, 1.82) is 0 Å². The standard InChI is InChI=1S/C15H19FN4/c1-15(2,3)19-10-11-7-9-18-14(13(11)16)20-12-6-4-5-8-17-12/h4-9,19H,10H2,1-3H3,(H,17,18,20). The Bertz CT molecular complexity index is 564. The Labute approximate surface area is 118 Å². The third-order valence-corrected chi connectivity index (χ3v) is 2.69. The van der Waals surface area contributed by atoms with E-state index in [4.69, 9.17) is 0 Å². The molecule has 2 aromatic rings. The van der Waals surface area contributed by atoms with Gasteiger partial charge in [0.1, 0.15) is 5.82 Å². The summed E-state index contributed by atoms with van der Waals surface area (Å²) >= 11 is 0. The Hall–Kier alpha value is -2.01. The summed E-state index contributed by atoms with van der Waals surface area (Å²) in [5.74, 6) is 0.409. The number of hydrogen-bond donors (Lipinski definition) is 2. The lowest BCUT2D eigenvalue weighted by Gasteiger charge is -2.21. The molecule has 0 saturated carbocycles. The smallest absolute Gasteiger partial charge is 0.170 e. The zero-order chi connectivity index (χ0) is 14.6. The minimum atomic E-state index is -0.352. The molecule has 0 atom stereocenters. The highest BCUT2D eigenvalue weighted by Crippen LogP contribution is 2.19. The van der Waals surface area contributed by atoms with E-state index < -0.39 is 0 Å². The number of halogens is 1. The van der Waals surface area contributed by atoms with Crippen molar-refractivity contribution in [3.8, 4) is 0 Å². The van der Waals surface area contributed by atoms with Crippen molar-refractivity contribution in [3.05, 3.63) is 48.0 Å². The minimum absolute atomic E-state index is 0.0652. The molecule has 2 rings (SSSR count). The molecule has 0 bridgehead atoms. The zero-order valence-corrected chi connectivity index (χ0v) is 11.9. The lowest BCUT2D eigenvalue weighted by molar-refractivity contribution is 0.418. The lowest BCUT2D eigenvalue weighted by atomic mass is 10.1. The van der Waals surface area contributed by atoms with Crippen molar-refractivity contribution in [2.45, 2.75) is 32.9 Å². The van der Waals surface area contributed by atoms with E-state index >= 15 is 0 Å². The molecule has 0 saturated heterocycles. The molecule has 0 fully saturated rings. The van der Waals surface area contributed by atoms with Crippen LogP contribution in [-0.4, -0.2) is 15.5 Å². The van der Waals surface area contributed by atoms with Crippen molar-refractivity contribution >= 4 is 11.6 Å². The van der Waals surface area contributed by atoms with Crippen LogP contribution in [0.2, 0.25) is 0 Å². The van der Waals surface area contributed by atoms with E-state index in [1.165, 1.54) is 0 Å². The average Bonchev–Trinajstić information content (AvgIpc) is 2.40. The highest BCUT2D eigenvalue weighted by Gasteiger charge is 2.13. The third-order valence-electron chi connectivity index (χ3n) is 2.69. The Kier molecular flexibility index (Phi) is 4.29. The van der Waals surface area contributed by atoms with Crippen LogP contribution in [0.4, 0.5) is 16.0 Å². The SMILES string of the molecule is CC(C)(C)NCc1ccnc(Nc2ccccn2)c1F. The van der Waals surface area contributed by atoms with Gasteiger partial charge in [-0.15, -0.1) is 0 Å². The van der Waals surface area contributed by atoms with E-state index in [0.29, 0.717) is 17.9 Å². The van der Waals surface area contributed by atoms with Gasteiger partial charge in [-0.2, -0.15) is 0 Å². The molecule has 0 aliphatic heterocycles. The van der Waals surface area contributed by atoms with Gasteiger partial charge in [0.25, 0.3) is 0 Å². The molecule has 5 heteroatoms. The maximum Gasteiger partial charge on any atom is 0.170 e. The largest absolute Gasteiger partial charge is 0.322 e. The summed E-state index contributed by atoms with van der Waals surface area (Å²) in [5, 5.41) is 6.14. The van der Waals surface area contributed by atoms with Crippen LogP contribution in [0.1, 0.15) is 26.3 Å². The van der Waals surface area contributed by atoms with Crippen molar-refractivity contribution in [2.24, 2.45) is 0 Å². The molecule has 0 unspecified atom stereocenters. The maximum atomic E-state index is 14.3. The zero-order valence-electron chi connectivity index (χ0n) is 11.9. The van der Waals surface area contributed by atoms with Crippen molar-refractivity contribution in [3.63, 3.8) is 0 Å². The van der Waals surface area contributed by atoms with Crippen LogP contribution in [0, 0.1) is 5.82 Å². The van der Waals surface area contributed by atoms with E-state index in [-0.39, 0.29) is 17.2 Å². The summed E-state index contributed by atoms with van der Waals surface area (Å²) in [6.07, 6.45) is 3.24. The minimum Gasteiger partial charge on any atom is -0.322 e. The average molecular weight is 274 g/mol. The summed E-state index contributed by atoms with van der Waals surface area (Å²) in [5.41, 5.74) is 0.512. The van der Waals surface area contributed by atoms with E-state index in [9.17, 15) is 4.39 Å². The number of nitrogens with one attached hydrogen (secondary N) is 2. The molecule has 0 aliphatic carbocycles. The van der Waals surface area contributed by atoms with Crippen LogP contribution in [-0.2, 0) is 6.54 Å². The van der Waals surface area contributed by atoms with Crippen LogP contribution in [0.3, 0.4) is 0 Å². The molecule has 2 aromatic heterocycles. The number of aromatic nitrogens is 2. The second kappa shape index (κ2) is 5.96. The first-order chi connectivity index (χ1) is 9.46. The van der Waals surface area contributed by atoms with Gasteiger partial charge in [-0.3, -0.25) is 0 Å². The van der Waals surface area contributed by atoms with Crippen molar-refractivity contribution in [1.82, 2.24) is 15.3 Å². The maximum absolute atomic E-state index is 14.3. The molecular formula is C15H19FN4. The van der Waals surface area contributed by atoms with E-state index in [1.807, 2.05) is 26.8 Å². The van der Waals surface area contributed by atoms with Gasteiger partial charge in [-0.05, 0) is 39.0 Å². The summed E-state index contributed by atoms with van der Waals surface area (Å²) in [7, 11) is 0. The fraction of sp³-hybridized carbons (Fsp3) is 0.333. The van der Waals surface area contributed by atoms with Gasteiger partial charge in [0, 0.05) is 30.0 Å². The lowest BCUT2D eigenvalue weighted by Crippen LogP contribution is -2.35. The van der Waals surface area contributed by atoms with E-state index in [0.717, 1.165) is 0 Å². The van der Waals surface area contributed by atoms with Gasteiger partial charge >= 0.3 is 0 Å². The summed E-state index contributed by atoms with van der Waals surface area (Å²) in [4.78, 5) is 8.12. The van der Waals surface area contributed by atoms with Gasteiger partial charge in [0.15, 0.2) is 11.6 Å². The van der Waals surface area contributed by atoms with Crippen LogP contribution in [0.5, 0.6) is 0 Å². The summed E-state index contributed by atoms with van der Waals surface area (Å²) in [6.45, 7) is 6.58. The topological polar surface area (TPSA) is 49.8 Å². The molecular weight excluding hydrogens is 255 g/mol. The molecule has 2 N–H and O–H groups in total. The summed E-state index contributed by atoms with van der Waals surface area (Å²) in [6, 6.07) is 7.08. The monoisotopic (exact) mass is 274 g/mol. The quantitative estimate of drug-likeness (QED) is 0.898. The molecule has 20 heavy (non-hydrogen) atoms. The number of anilines is 2. The van der Waals surface area contributed by atoms with Crippen molar-refractivity contribution in [2.75, 3.05) is 5.32 Å². The van der Waals surface area contributed by atoms with Gasteiger partial charge in [-0.1, -0.05) is 6.07 Å². The van der Waals surface area contributed by atoms with E-state index in [1.54, 1.807) is 30.6 Å². The molecule has 0 amide bonds. The van der Waals surface area contributed by atoms with Gasteiger partial charge in [-0.25, -0.2) is 14.4 Å². The van der Waals surface area contributed by atoms with Gasteiger partial charge in [0.05, 0.1) is 0 Å². The molecule has 2 heterocycles. The first-order valence-electron chi connectivity index (χ1n) is 6.52. The van der Waals surface area contributed by atoms with Gasteiger partial charge in [0.2, 0.25) is 0 Å². The normalized spacial score (nSPS) is 11.4. The summed E-state index contributed by atoms with van der Waals surface area (Å²) < 4.78 is 14.3. The molecule has 4 nitrogen and oxygen atoms in total. The second-order valence-corrected chi connectivity index (χ2v) is 5.58. The van der Waals surface area contributed by atoms with Gasteiger partial charge < -0.3 is 10.6 Å². The molecule has 106 valence electrons. The van der Waals surface area contributed by atoms with Crippen LogP contribution in [0.25, 0.3) is 0 Å². The Morgan fingerprint density at radius 3 is 2.55 bits per heavy atom. The number of rotatable bonds is 4. The Balaban J connectivity index is 2.15. The number of pyridine rings is 2. The highest BCUT2D eigenvalue weighted by molar-refractivity contribution is 5.52. The predicted molar refractivity (Wildman–Crippen MR) is 78.3 cm³/mol. The van der Waals surface area contributed by atoms with Crippen LogP contribution >= 0.6 is 0 Å². The molecule has 0 aromatic carbocycles. The van der Waals surface area contributed by atoms with E-state index in [2.05, 4.69) is 20.6 Å². The second-order valence-electron chi connectivity index (χ2n) is 5.58. The predicted octanol–water partition coefficient (Wildman–Crippen LogP) is 3.25. The van der Waals surface area contributed by atoms with Crippen LogP contribution < -0.4 is 10.6 Å². The fourth-order valence-electron chi connectivity index (χ4n) is 1.63. The Morgan fingerprint density at radius 2 is 1.90 bits per heavy atom. The Morgan fingerprint density at radius 1 is 1.10 bits per heavy atom. The van der Waals surface area contributed by atoms with Crippen LogP contribution in [0.15, 0.2) is 36.7 Å². The molecule has 0 aliphatic rings.